The number of para-hydroxylation sites is 1. The van der Waals surface area contributed by atoms with E-state index in [4.69, 9.17) is 0 Å². The summed E-state index contributed by atoms with van der Waals surface area (Å²) < 4.78 is 0. The van der Waals surface area contributed by atoms with E-state index in [0.29, 0.717) is 0 Å². The predicted octanol–water partition coefficient (Wildman–Crippen LogP) is 4.20. The van der Waals surface area contributed by atoms with Gasteiger partial charge in [-0.1, -0.05) is 51.1 Å². The maximum atomic E-state index is 13.0. The zero-order valence-electron chi connectivity index (χ0n) is 18.1. The molecule has 0 saturated carbocycles. The van der Waals surface area contributed by atoms with E-state index in [1.165, 1.54) is 11.3 Å². The van der Waals surface area contributed by atoms with Gasteiger partial charge in [-0.25, -0.2) is 0 Å². The van der Waals surface area contributed by atoms with Crippen LogP contribution in [-0.2, 0) is 15.0 Å². The smallest absolute Gasteiger partial charge is 0.228 e. The molecule has 30 heavy (non-hydrogen) atoms. The van der Waals surface area contributed by atoms with E-state index < -0.39 is 5.92 Å². The Bertz CT molecular complexity index is 922. The predicted molar refractivity (Wildman–Crippen MR) is 121 cm³/mol. The third-order valence-corrected chi connectivity index (χ3v) is 6.26. The van der Waals surface area contributed by atoms with Gasteiger partial charge in [0.1, 0.15) is 0 Å². The third-order valence-electron chi connectivity index (χ3n) is 6.26. The fraction of sp³-hybridized carbons (Fsp3) is 0.440. The van der Waals surface area contributed by atoms with Crippen LogP contribution in [0.15, 0.2) is 48.5 Å². The second-order valence-electron chi connectivity index (χ2n) is 9.46. The lowest BCUT2D eigenvalue weighted by Gasteiger charge is -2.35. The summed E-state index contributed by atoms with van der Waals surface area (Å²) in [5.74, 6) is -0.537. The Hall–Kier alpha value is -2.82. The number of nitrogens with one attached hydrogen (secondary N) is 2. The average molecular weight is 406 g/mol. The number of amides is 2. The number of hydrogen-bond donors (Lipinski definition) is 2. The van der Waals surface area contributed by atoms with Crippen LogP contribution in [0.4, 0.5) is 11.4 Å². The molecule has 1 fully saturated rings. The number of anilines is 2. The second-order valence-corrected chi connectivity index (χ2v) is 9.46. The number of piperidine rings is 1. The van der Waals surface area contributed by atoms with Crippen molar-refractivity contribution >= 4 is 23.2 Å². The lowest BCUT2D eigenvalue weighted by atomic mass is 9.87. The SMILES string of the molecule is CC(C)(C)c1ccc(N2CCC(NC(=O)C3CC(=O)Nc4ccccc43)CC2)cc1. The quantitative estimate of drug-likeness (QED) is 0.805. The summed E-state index contributed by atoms with van der Waals surface area (Å²) >= 11 is 0. The molecule has 1 atom stereocenters. The van der Waals surface area contributed by atoms with Crippen molar-refractivity contribution in [1.29, 1.82) is 0 Å². The van der Waals surface area contributed by atoms with Crippen molar-refractivity contribution < 1.29 is 9.59 Å². The Morgan fingerprint density at radius 2 is 1.70 bits per heavy atom. The second kappa shape index (κ2) is 8.13. The molecule has 1 saturated heterocycles. The van der Waals surface area contributed by atoms with Gasteiger partial charge in [-0.15, -0.1) is 0 Å². The largest absolute Gasteiger partial charge is 0.371 e. The number of fused-ring (bicyclic) bond motifs is 1. The zero-order chi connectivity index (χ0) is 21.3. The van der Waals surface area contributed by atoms with Gasteiger partial charge >= 0.3 is 0 Å². The molecule has 1 unspecified atom stereocenters. The molecule has 2 aliphatic rings. The van der Waals surface area contributed by atoms with E-state index in [-0.39, 0.29) is 29.7 Å². The van der Waals surface area contributed by atoms with Crippen LogP contribution in [0.25, 0.3) is 0 Å². The van der Waals surface area contributed by atoms with E-state index in [1.807, 2.05) is 24.3 Å². The Balaban J connectivity index is 1.35. The van der Waals surface area contributed by atoms with Gasteiger partial charge < -0.3 is 15.5 Å². The Morgan fingerprint density at radius 3 is 2.37 bits per heavy atom. The number of hydrogen-bond acceptors (Lipinski definition) is 3. The molecule has 2 aromatic carbocycles. The van der Waals surface area contributed by atoms with E-state index in [2.05, 4.69) is 60.6 Å². The van der Waals surface area contributed by atoms with Crippen molar-refractivity contribution in [3.63, 3.8) is 0 Å². The highest BCUT2D eigenvalue weighted by Crippen LogP contribution is 2.32. The van der Waals surface area contributed by atoms with Crippen LogP contribution in [0, 0.1) is 0 Å². The monoisotopic (exact) mass is 405 g/mol. The molecule has 0 aromatic heterocycles. The molecular weight excluding hydrogens is 374 g/mol. The average Bonchev–Trinajstić information content (AvgIpc) is 2.73. The fourth-order valence-corrected chi connectivity index (χ4v) is 4.40. The van der Waals surface area contributed by atoms with Crippen molar-refractivity contribution in [3.05, 3.63) is 59.7 Å². The van der Waals surface area contributed by atoms with Crippen LogP contribution in [-0.4, -0.2) is 30.9 Å². The molecule has 2 aromatic rings. The number of rotatable bonds is 3. The molecule has 158 valence electrons. The lowest BCUT2D eigenvalue weighted by Crippen LogP contribution is -2.46. The van der Waals surface area contributed by atoms with E-state index in [1.54, 1.807) is 0 Å². The van der Waals surface area contributed by atoms with Crippen LogP contribution in [0.5, 0.6) is 0 Å². The normalized spacial score (nSPS) is 19.8. The molecule has 2 aliphatic heterocycles. The highest BCUT2D eigenvalue weighted by Gasteiger charge is 2.32. The van der Waals surface area contributed by atoms with Crippen molar-refractivity contribution in [1.82, 2.24) is 5.32 Å². The first kappa shape index (κ1) is 20.5. The summed E-state index contributed by atoms with van der Waals surface area (Å²) in [6, 6.07) is 16.6. The number of benzene rings is 2. The Labute approximate surface area is 178 Å². The highest BCUT2D eigenvalue weighted by atomic mass is 16.2. The Kier molecular flexibility index (Phi) is 5.54. The minimum atomic E-state index is -0.405. The van der Waals surface area contributed by atoms with Gasteiger partial charge in [0.25, 0.3) is 0 Å². The van der Waals surface area contributed by atoms with E-state index in [0.717, 1.165) is 37.2 Å². The zero-order valence-corrected chi connectivity index (χ0v) is 18.1. The molecule has 5 heteroatoms. The highest BCUT2D eigenvalue weighted by molar-refractivity contribution is 6.01. The first-order valence-corrected chi connectivity index (χ1v) is 10.9. The molecule has 0 radical (unpaired) electrons. The van der Waals surface area contributed by atoms with Crippen molar-refractivity contribution in [2.75, 3.05) is 23.3 Å². The van der Waals surface area contributed by atoms with E-state index in [9.17, 15) is 9.59 Å². The third kappa shape index (κ3) is 4.35. The van der Waals surface area contributed by atoms with Gasteiger partial charge in [0, 0.05) is 36.9 Å². The van der Waals surface area contributed by atoms with Crippen molar-refractivity contribution in [3.8, 4) is 0 Å². The lowest BCUT2D eigenvalue weighted by molar-refractivity contribution is -0.127. The first-order valence-electron chi connectivity index (χ1n) is 10.9. The molecule has 2 heterocycles. The van der Waals surface area contributed by atoms with Gasteiger partial charge in [0.2, 0.25) is 11.8 Å². The summed E-state index contributed by atoms with van der Waals surface area (Å²) in [5, 5.41) is 6.07. The standard InChI is InChI=1S/C25H31N3O2/c1-25(2,3)17-8-10-19(11-9-17)28-14-12-18(13-15-28)26-24(30)21-16-23(29)27-22-7-5-4-6-20(21)22/h4-11,18,21H,12-16H2,1-3H3,(H,26,30)(H,27,29). The van der Waals surface area contributed by atoms with Crippen LogP contribution in [0.1, 0.15) is 57.1 Å². The van der Waals surface area contributed by atoms with Crippen molar-refractivity contribution in [2.45, 2.75) is 57.4 Å². The van der Waals surface area contributed by atoms with Crippen LogP contribution < -0.4 is 15.5 Å². The first-order chi connectivity index (χ1) is 14.3. The minimum Gasteiger partial charge on any atom is -0.371 e. The van der Waals surface area contributed by atoms with Crippen LogP contribution in [0.3, 0.4) is 0 Å². The summed E-state index contributed by atoms with van der Waals surface area (Å²) in [5.41, 5.74) is 4.40. The van der Waals surface area contributed by atoms with Gasteiger partial charge in [-0.05, 0) is 47.6 Å². The molecule has 4 rings (SSSR count). The minimum absolute atomic E-state index is 0.0368. The van der Waals surface area contributed by atoms with Gasteiger partial charge in [-0.2, -0.15) is 0 Å². The molecule has 0 spiro atoms. The topological polar surface area (TPSA) is 61.4 Å². The van der Waals surface area contributed by atoms with E-state index >= 15 is 0 Å². The molecule has 2 amide bonds. The molecule has 2 N–H and O–H groups in total. The maximum absolute atomic E-state index is 13.0. The molecular formula is C25H31N3O2. The van der Waals surface area contributed by atoms with Crippen LogP contribution in [0.2, 0.25) is 0 Å². The fourth-order valence-electron chi connectivity index (χ4n) is 4.40. The molecule has 0 bridgehead atoms. The Morgan fingerprint density at radius 1 is 1.03 bits per heavy atom. The number of carbonyl (C=O) groups excluding carboxylic acids is 2. The number of nitrogens with zero attached hydrogens (tertiary/aromatic N) is 1. The maximum Gasteiger partial charge on any atom is 0.228 e. The van der Waals surface area contributed by atoms with Crippen molar-refractivity contribution in [2.24, 2.45) is 0 Å². The summed E-state index contributed by atoms with van der Waals surface area (Å²) in [6.07, 6.45) is 2.03. The van der Waals surface area contributed by atoms with Gasteiger partial charge in [0.05, 0.1) is 5.92 Å². The molecule has 0 aliphatic carbocycles. The summed E-state index contributed by atoms with van der Waals surface area (Å²) in [6.45, 7) is 8.52. The van der Waals surface area contributed by atoms with Gasteiger partial charge in [-0.3, -0.25) is 9.59 Å². The molecule has 5 nitrogen and oxygen atoms in total. The summed E-state index contributed by atoms with van der Waals surface area (Å²) in [7, 11) is 0. The number of carbonyl (C=O) groups is 2. The van der Waals surface area contributed by atoms with Gasteiger partial charge in [0.15, 0.2) is 0 Å². The summed E-state index contributed by atoms with van der Waals surface area (Å²) in [4.78, 5) is 27.4. The van der Waals surface area contributed by atoms with Crippen LogP contribution >= 0.6 is 0 Å².